The number of rotatable bonds is 5. The van der Waals surface area contributed by atoms with Crippen LogP contribution in [0, 0.1) is 0 Å². The minimum Gasteiger partial charge on any atom is -0.465 e. The quantitative estimate of drug-likeness (QED) is 0.843. The molecular formula is C17H21F3N2O3. The lowest BCUT2D eigenvalue weighted by Crippen LogP contribution is -2.56. The topological polar surface area (TPSA) is 61.8 Å². The minimum atomic E-state index is -4.77. The van der Waals surface area contributed by atoms with E-state index in [9.17, 15) is 23.1 Å². The molecular weight excluding hydrogens is 337 g/mol. The molecule has 2 N–H and O–H groups in total. The van der Waals surface area contributed by atoms with Gasteiger partial charge in [-0.2, -0.15) is 0 Å². The number of benzene rings is 1. The van der Waals surface area contributed by atoms with Gasteiger partial charge in [0.05, 0.1) is 5.54 Å². The highest BCUT2D eigenvalue weighted by atomic mass is 19.4. The number of nitrogens with one attached hydrogen (secondary N) is 1. The zero-order valence-corrected chi connectivity index (χ0v) is 13.7. The van der Waals surface area contributed by atoms with E-state index in [0.29, 0.717) is 24.9 Å². The van der Waals surface area contributed by atoms with Crippen LogP contribution in [0.5, 0.6) is 5.75 Å². The maximum atomic E-state index is 12.5. The number of hydrogen-bond acceptors (Lipinski definition) is 3. The second-order valence-corrected chi connectivity index (χ2v) is 6.65. The molecule has 1 aliphatic carbocycles. The molecule has 1 saturated carbocycles. The van der Waals surface area contributed by atoms with E-state index < -0.39 is 18.0 Å². The van der Waals surface area contributed by atoms with Gasteiger partial charge in [-0.25, -0.2) is 4.79 Å². The van der Waals surface area contributed by atoms with Gasteiger partial charge in [0, 0.05) is 12.6 Å². The van der Waals surface area contributed by atoms with Crippen molar-refractivity contribution in [1.82, 2.24) is 10.2 Å². The SMILES string of the molecule is O=C(O)N(C[C@H]1CCCN1)C1(c2cccc(OC(F)(F)F)c2)CCC1. The first-order valence-corrected chi connectivity index (χ1v) is 8.40. The maximum absolute atomic E-state index is 12.5. The Balaban J connectivity index is 1.87. The van der Waals surface area contributed by atoms with Crippen LogP contribution in [0.4, 0.5) is 18.0 Å². The van der Waals surface area contributed by atoms with Gasteiger partial charge in [-0.3, -0.25) is 4.90 Å². The summed E-state index contributed by atoms with van der Waals surface area (Å²) in [6, 6.07) is 5.78. The van der Waals surface area contributed by atoms with Crippen molar-refractivity contribution in [3.8, 4) is 5.75 Å². The fourth-order valence-corrected chi connectivity index (χ4v) is 3.78. The highest BCUT2D eigenvalue weighted by molar-refractivity contribution is 5.67. The van der Waals surface area contributed by atoms with Gasteiger partial charge in [-0.15, -0.1) is 13.2 Å². The summed E-state index contributed by atoms with van der Waals surface area (Å²) in [6.07, 6.45) is -1.88. The van der Waals surface area contributed by atoms with Crippen molar-refractivity contribution < 1.29 is 27.8 Å². The highest BCUT2D eigenvalue weighted by Crippen LogP contribution is 2.47. The highest BCUT2D eigenvalue weighted by Gasteiger charge is 2.47. The van der Waals surface area contributed by atoms with Gasteiger partial charge < -0.3 is 15.2 Å². The molecule has 1 aliphatic heterocycles. The smallest absolute Gasteiger partial charge is 0.465 e. The lowest BCUT2D eigenvalue weighted by molar-refractivity contribution is -0.274. The summed E-state index contributed by atoms with van der Waals surface area (Å²) in [6.45, 7) is 1.19. The Morgan fingerprint density at radius 2 is 2.12 bits per heavy atom. The van der Waals surface area contributed by atoms with Crippen molar-refractivity contribution in [2.75, 3.05) is 13.1 Å². The molecule has 138 valence electrons. The fraction of sp³-hybridized carbons (Fsp3) is 0.588. The lowest BCUT2D eigenvalue weighted by Gasteiger charge is -2.50. The molecule has 0 spiro atoms. The number of alkyl halides is 3. The van der Waals surface area contributed by atoms with E-state index in [1.165, 1.54) is 23.1 Å². The summed E-state index contributed by atoms with van der Waals surface area (Å²) in [4.78, 5) is 13.3. The van der Waals surface area contributed by atoms with Crippen LogP contribution < -0.4 is 10.1 Å². The van der Waals surface area contributed by atoms with Crippen LogP contribution in [0.25, 0.3) is 0 Å². The first kappa shape index (κ1) is 17.8. The minimum absolute atomic E-state index is 0.0863. The van der Waals surface area contributed by atoms with Crippen LogP contribution in [-0.2, 0) is 5.54 Å². The number of carboxylic acid groups (broad SMARTS) is 1. The van der Waals surface area contributed by atoms with Crippen LogP contribution in [0.2, 0.25) is 0 Å². The number of halogens is 3. The fourth-order valence-electron chi connectivity index (χ4n) is 3.78. The summed E-state index contributed by atoms with van der Waals surface area (Å²) in [5.41, 5.74) is -0.220. The van der Waals surface area contributed by atoms with E-state index in [2.05, 4.69) is 10.1 Å². The van der Waals surface area contributed by atoms with Crippen LogP contribution in [0.15, 0.2) is 24.3 Å². The molecule has 1 atom stereocenters. The molecule has 1 amide bonds. The van der Waals surface area contributed by atoms with Crippen molar-refractivity contribution >= 4 is 6.09 Å². The van der Waals surface area contributed by atoms with Crippen LogP contribution in [0.3, 0.4) is 0 Å². The second-order valence-electron chi connectivity index (χ2n) is 6.65. The molecule has 0 aromatic heterocycles. The number of hydrogen-bond donors (Lipinski definition) is 2. The van der Waals surface area contributed by atoms with Crippen LogP contribution >= 0.6 is 0 Å². The van der Waals surface area contributed by atoms with Crippen molar-refractivity contribution in [3.05, 3.63) is 29.8 Å². The van der Waals surface area contributed by atoms with E-state index in [4.69, 9.17) is 0 Å². The Hall–Kier alpha value is -1.96. The van der Waals surface area contributed by atoms with Crippen molar-refractivity contribution in [1.29, 1.82) is 0 Å². The normalized spacial score (nSPS) is 22.3. The molecule has 25 heavy (non-hydrogen) atoms. The average molecular weight is 358 g/mol. The van der Waals surface area contributed by atoms with E-state index in [1.807, 2.05) is 0 Å². The molecule has 1 aromatic rings. The van der Waals surface area contributed by atoms with Gasteiger partial charge >= 0.3 is 12.5 Å². The van der Waals surface area contributed by atoms with Crippen molar-refractivity contribution in [3.63, 3.8) is 0 Å². The lowest BCUT2D eigenvalue weighted by atomic mass is 9.70. The van der Waals surface area contributed by atoms with Gasteiger partial charge in [-0.05, 0) is 56.3 Å². The molecule has 5 nitrogen and oxygen atoms in total. The first-order chi connectivity index (χ1) is 11.8. The van der Waals surface area contributed by atoms with E-state index in [0.717, 1.165) is 25.8 Å². The van der Waals surface area contributed by atoms with Gasteiger partial charge in [0.2, 0.25) is 0 Å². The molecule has 3 rings (SSSR count). The van der Waals surface area contributed by atoms with Crippen LogP contribution in [-0.4, -0.2) is 41.6 Å². The summed E-state index contributed by atoms with van der Waals surface area (Å²) < 4.78 is 41.5. The standard InChI is InChI=1S/C17H21F3N2O3/c18-17(19,20)25-14-6-1-4-12(10-14)16(7-3-8-16)22(15(23)24)11-13-5-2-9-21-13/h1,4,6,10,13,21H,2-3,5,7-9,11H2,(H,23,24)/t13-/m1/s1. The Morgan fingerprint density at radius 3 is 2.64 bits per heavy atom. The Morgan fingerprint density at radius 1 is 1.36 bits per heavy atom. The van der Waals surface area contributed by atoms with Crippen molar-refractivity contribution in [2.24, 2.45) is 0 Å². The summed E-state index contributed by atoms with van der Waals surface area (Å²) >= 11 is 0. The average Bonchev–Trinajstić information content (AvgIpc) is 2.96. The largest absolute Gasteiger partial charge is 0.573 e. The number of ether oxygens (including phenoxy) is 1. The van der Waals surface area contributed by atoms with Gasteiger partial charge in [0.25, 0.3) is 0 Å². The number of nitrogens with zero attached hydrogens (tertiary/aromatic N) is 1. The Labute approximate surface area is 143 Å². The maximum Gasteiger partial charge on any atom is 0.573 e. The summed E-state index contributed by atoms with van der Waals surface area (Å²) in [7, 11) is 0. The molecule has 0 radical (unpaired) electrons. The van der Waals surface area contributed by atoms with Gasteiger partial charge in [0.15, 0.2) is 0 Å². The van der Waals surface area contributed by atoms with Gasteiger partial charge in [0.1, 0.15) is 5.75 Å². The van der Waals surface area contributed by atoms with Crippen LogP contribution in [0.1, 0.15) is 37.7 Å². The number of amides is 1. The third kappa shape index (κ3) is 3.84. The molecule has 0 unspecified atom stereocenters. The molecule has 2 fully saturated rings. The predicted octanol–water partition coefficient (Wildman–Crippen LogP) is 3.70. The monoisotopic (exact) mass is 358 g/mol. The molecule has 1 saturated heterocycles. The molecule has 1 aromatic carbocycles. The third-order valence-corrected chi connectivity index (χ3v) is 5.10. The predicted molar refractivity (Wildman–Crippen MR) is 84.4 cm³/mol. The molecule has 1 heterocycles. The second kappa shape index (κ2) is 6.74. The third-order valence-electron chi connectivity index (χ3n) is 5.10. The number of carbonyl (C=O) groups is 1. The van der Waals surface area contributed by atoms with E-state index >= 15 is 0 Å². The van der Waals surface area contributed by atoms with Crippen molar-refractivity contribution in [2.45, 2.75) is 50.0 Å². The summed E-state index contributed by atoms with van der Waals surface area (Å²) in [5.74, 6) is -0.319. The Bertz CT molecular complexity index is 626. The Kier molecular flexibility index (Phi) is 4.81. The first-order valence-electron chi connectivity index (χ1n) is 8.40. The molecule has 2 aliphatic rings. The molecule has 0 bridgehead atoms. The summed E-state index contributed by atoms with van der Waals surface area (Å²) in [5, 5.41) is 13.0. The molecule has 8 heteroatoms. The van der Waals surface area contributed by atoms with E-state index in [-0.39, 0.29) is 11.8 Å². The zero-order valence-electron chi connectivity index (χ0n) is 13.7. The van der Waals surface area contributed by atoms with E-state index in [1.54, 1.807) is 6.07 Å². The zero-order chi connectivity index (χ0) is 18.1. The van der Waals surface area contributed by atoms with Gasteiger partial charge in [-0.1, -0.05) is 12.1 Å².